The number of ether oxygens (including phenoxy) is 2. The highest BCUT2D eigenvalue weighted by Gasteiger charge is 2.43. The summed E-state index contributed by atoms with van der Waals surface area (Å²) in [5.41, 5.74) is 3.30. The molecule has 1 N–H and O–H groups in total. The van der Waals surface area contributed by atoms with Crippen LogP contribution in [0.3, 0.4) is 0 Å². The molecule has 0 bridgehead atoms. The van der Waals surface area contributed by atoms with Crippen molar-refractivity contribution in [1.82, 2.24) is 20.0 Å². The van der Waals surface area contributed by atoms with Gasteiger partial charge in [-0.2, -0.15) is 0 Å². The molecule has 8 nitrogen and oxygen atoms in total. The molecule has 0 spiro atoms. The molecule has 1 atom stereocenters. The second kappa shape index (κ2) is 11.6. The van der Waals surface area contributed by atoms with Gasteiger partial charge in [0.2, 0.25) is 0 Å². The molecule has 1 fully saturated rings. The Morgan fingerprint density at radius 2 is 1.86 bits per heavy atom. The Hall–Kier alpha value is -3.62. The van der Waals surface area contributed by atoms with E-state index in [4.69, 9.17) is 9.47 Å². The maximum absolute atomic E-state index is 13.7. The minimum atomic E-state index is -0.527. The first-order valence-corrected chi connectivity index (χ1v) is 12.9. The number of carbonyl (C=O) groups is 2. The maximum atomic E-state index is 13.7. The van der Waals surface area contributed by atoms with E-state index in [-0.39, 0.29) is 11.9 Å². The molecule has 3 amide bonds. The molecule has 3 heterocycles. The fourth-order valence-corrected chi connectivity index (χ4v) is 5.14. The monoisotopic (exact) mass is 502 g/mol. The van der Waals surface area contributed by atoms with Crippen LogP contribution in [0.15, 0.2) is 78.5 Å². The Morgan fingerprint density at radius 3 is 2.65 bits per heavy atom. The van der Waals surface area contributed by atoms with Crippen LogP contribution < -0.4 is 10.1 Å². The summed E-state index contributed by atoms with van der Waals surface area (Å²) in [6, 6.07) is 16.9. The van der Waals surface area contributed by atoms with Crippen LogP contribution in [0.2, 0.25) is 0 Å². The number of rotatable bonds is 10. The number of morpholine rings is 1. The molecule has 194 valence electrons. The largest absolute Gasteiger partial charge is 0.489 e. The van der Waals surface area contributed by atoms with E-state index in [2.05, 4.69) is 16.8 Å². The zero-order chi connectivity index (χ0) is 25.6. The third kappa shape index (κ3) is 5.70. The number of benzene rings is 2. The van der Waals surface area contributed by atoms with Gasteiger partial charge in [0.15, 0.2) is 0 Å². The summed E-state index contributed by atoms with van der Waals surface area (Å²) in [6.45, 7) is 9.98. The Kier molecular flexibility index (Phi) is 7.87. The molecule has 0 aromatic heterocycles. The Bertz CT molecular complexity index is 1160. The summed E-state index contributed by atoms with van der Waals surface area (Å²) in [5.74, 6) is 0.672. The van der Waals surface area contributed by atoms with Gasteiger partial charge >= 0.3 is 6.03 Å². The van der Waals surface area contributed by atoms with Gasteiger partial charge in [-0.15, -0.1) is 6.58 Å². The van der Waals surface area contributed by atoms with Gasteiger partial charge in [0.05, 0.1) is 37.1 Å². The van der Waals surface area contributed by atoms with E-state index in [1.165, 1.54) is 0 Å². The van der Waals surface area contributed by atoms with E-state index in [0.717, 1.165) is 56.1 Å². The number of hydrogen-bond donors (Lipinski definition) is 1. The molecule has 0 aliphatic carbocycles. The number of hydrogen-bond acceptors (Lipinski definition) is 5. The summed E-state index contributed by atoms with van der Waals surface area (Å²) in [7, 11) is 0. The summed E-state index contributed by atoms with van der Waals surface area (Å²) in [5, 5.41) is 3.05. The van der Waals surface area contributed by atoms with Crippen molar-refractivity contribution in [2.24, 2.45) is 0 Å². The van der Waals surface area contributed by atoms with Crippen LogP contribution in [0.25, 0.3) is 0 Å². The standard InChI is InChI=1S/C29H34N4O4/c1-2-12-33-25-20-32(14-7-13-31-15-17-36-18-16-31)28(34)26(25)27(30-29(33)35)23-10-6-11-24(19-23)37-21-22-8-4-3-5-9-22/h2-6,8-11,19,27H,1,7,12-18,20-21H2,(H,30,35). The first-order valence-electron chi connectivity index (χ1n) is 12.9. The molecular formula is C29H34N4O4. The third-order valence-electron chi connectivity index (χ3n) is 7.05. The molecule has 2 aromatic carbocycles. The van der Waals surface area contributed by atoms with Crippen LogP contribution in [-0.4, -0.2) is 79.1 Å². The first-order chi connectivity index (χ1) is 18.1. The lowest BCUT2D eigenvalue weighted by Gasteiger charge is -2.33. The van der Waals surface area contributed by atoms with Crippen molar-refractivity contribution in [2.45, 2.75) is 19.1 Å². The number of urea groups is 1. The van der Waals surface area contributed by atoms with Gasteiger partial charge in [0.1, 0.15) is 12.4 Å². The Morgan fingerprint density at radius 1 is 1.05 bits per heavy atom. The van der Waals surface area contributed by atoms with Gasteiger partial charge < -0.3 is 19.7 Å². The molecule has 5 rings (SSSR count). The van der Waals surface area contributed by atoms with Gasteiger partial charge in [0.25, 0.3) is 5.91 Å². The zero-order valence-electron chi connectivity index (χ0n) is 21.1. The van der Waals surface area contributed by atoms with Gasteiger partial charge in [-0.25, -0.2) is 4.79 Å². The normalized spacial score (nSPS) is 20.2. The van der Waals surface area contributed by atoms with Crippen molar-refractivity contribution in [1.29, 1.82) is 0 Å². The van der Waals surface area contributed by atoms with Crippen molar-refractivity contribution in [3.05, 3.63) is 89.6 Å². The van der Waals surface area contributed by atoms with Crippen molar-refractivity contribution in [3.8, 4) is 5.75 Å². The fraction of sp³-hybridized carbons (Fsp3) is 0.379. The van der Waals surface area contributed by atoms with Crippen LogP contribution in [0, 0.1) is 0 Å². The molecule has 3 aliphatic heterocycles. The quantitative estimate of drug-likeness (QED) is 0.505. The highest BCUT2D eigenvalue weighted by Crippen LogP contribution is 2.37. The molecule has 1 saturated heterocycles. The van der Waals surface area contributed by atoms with Crippen molar-refractivity contribution in [3.63, 3.8) is 0 Å². The van der Waals surface area contributed by atoms with Crippen molar-refractivity contribution < 1.29 is 19.1 Å². The van der Waals surface area contributed by atoms with Crippen LogP contribution in [-0.2, 0) is 16.1 Å². The third-order valence-corrected chi connectivity index (χ3v) is 7.05. The first kappa shape index (κ1) is 25.0. The van der Waals surface area contributed by atoms with Crippen LogP contribution in [0.4, 0.5) is 4.79 Å². The van der Waals surface area contributed by atoms with Crippen molar-refractivity contribution >= 4 is 11.9 Å². The van der Waals surface area contributed by atoms with Gasteiger partial charge in [-0.05, 0) is 29.7 Å². The zero-order valence-corrected chi connectivity index (χ0v) is 21.1. The topological polar surface area (TPSA) is 74.4 Å². The molecule has 0 saturated carbocycles. The molecule has 0 radical (unpaired) electrons. The van der Waals surface area contributed by atoms with E-state index in [0.29, 0.717) is 37.6 Å². The summed E-state index contributed by atoms with van der Waals surface area (Å²) in [4.78, 5) is 32.6. The van der Waals surface area contributed by atoms with Gasteiger partial charge in [0, 0.05) is 32.7 Å². The predicted molar refractivity (Wildman–Crippen MR) is 141 cm³/mol. The number of amides is 3. The number of carbonyl (C=O) groups excluding carboxylic acids is 2. The summed E-state index contributed by atoms with van der Waals surface area (Å²) >= 11 is 0. The van der Waals surface area contributed by atoms with E-state index < -0.39 is 6.04 Å². The lowest BCUT2D eigenvalue weighted by molar-refractivity contribution is -0.125. The van der Waals surface area contributed by atoms with E-state index >= 15 is 0 Å². The lowest BCUT2D eigenvalue weighted by Crippen LogP contribution is -2.47. The molecule has 2 aromatic rings. The Labute approximate surface area is 218 Å². The molecule has 8 heteroatoms. The maximum Gasteiger partial charge on any atom is 0.322 e. The lowest BCUT2D eigenvalue weighted by atomic mass is 9.95. The number of nitrogens with one attached hydrogen (secondary N) is 1. The van der Waals surface area contributed by atoms with Gasteiger partial charge in [-0.1, -0.05) is 48.5 Å². The molecule has 37 heavy (non-hydrogen) atoms. The van der Waals surface area contributed by atoms with Crippen LogP contribution in [0.5, 0.6) is 5.75 Å². The molecular weight excluding hydrogens is 468 g/mol. The highest BCUT2D eigenvalue weighted by molar-refractivity contribution is 6.01. The van der Waals surface area contributed by atoms with E-state index in [9.17, 15) is 9.59 Å². The SMILES string of the molecule is C=CCN1C(=O)NC(c2cccc(OCc3ccccc3)c2)C2=C1CN(CCCN1CCOCC1)C2=O. The predicted octanol–water partition coefficient (Wildman–Crippen LogP) is 3.34. The van der Waals surface area contributed by atoms with Gasteiger partial charge in [-0.3, -0.25) is 14.6 Å². The average Bonchev–Trinajstić information content (AvgIpc) is 3.26. The minimum Gasteiger partial charge on any atom is -0.489 e. The number of nitrogens with zero attached hydrogens (tertiary/aromatic N) is 3. The second-order valence-corrected chi connectivity index (χ2v) is 9.52. The van der Waals surface area contributed by atoms with Crippen LogP contribution in [0.1, 0.15) is 23.6 Å². The van der Waals surface area contributed by atoms with E-state index in [1.54, 1.807) is 11.0 Å². The highest BCUT2D eigenvalue weighted by atomic mass is 16.5. The summed E-state index contributed by atoms with van der Waals surface area (Å²) < 4.78 is 11.4. The average molecular weight is 503 g/mol. The van der Waals surface area contributed by atoms with Crippen LogP contribution >= 0.6 is 0 Å². The minimum absolute atomic E-state index is 0.0216. The smallest absolute Gasteiger partial charge is 0.322 e. The Balaban J connectivity index is 1.32. The van der Waals surface area contributed by atoms with Crippen molar-refractivity contribution in [2.75, 3.05) is 52.5 Å². The van der Waals surface area contributed by atoms with E-state index in [1.807, 2.05) is 59.5 Å². The fourth-order valence-electron chi connectivity index (χ4n) is 5.14. The molecule has 1 unspecified atom stereocenters. The summed E-state index contributed by atoms with van der Waals surface area (Å²) in [6.07, 6.45) is 2.57. The second-order valence-electron chi connectivity index (χ2n) is 9.52. The molecule has 3 aliphatic rings.